The minimum Gasteiger partial charge on any atom is -0.333 e. The highest BCUT2D eigenvalue weighted by Crippen LogP contribution is 2.19. The van der Waals surface area contributed by atoms with Gasteiger partial charge in [0.25, 0.3) is 5.91 Å². The molecule has 0 radical (unpaired) electrons. The quantitative estimate of drug-likeness (QED) is 0.877. The van der Waals surface area contributed by atoms with E-state index < -0.39 is 0 Å². The zero-order valence-corrected chi connectivity index (χ0v) is 13.9. The van der Waals surface area contributed by atoms with Crippen LogP contribution in [0.3, 0.4) is 0 Å². The molecule has 0 aliphatic carbocycles. The van der Waals surface area contributed by atoms with Gasteiger partial charge in [0.2, 0.25) is 0 Å². The van der Waals surface area contributed by atoms with Gasteiger partial charge < -0.3 is 10.6 Å². The van der Waals surface area contributed by atoms with Crippen molar-refractivity contribution >= 4 is 33.2 Å². The van der Waals surface area contributed by atoms with E-state index in [2.05, 4.69) is 20.9 Å². The topological polar surface area (TPSA) is 59.2 Å². The molecule has 0 spiro atoms. The van der Waals surface area contributed by atoms with Crippen LogP contribution in [0, 0.1) is 5.82 Å². The first-order chi connectivity index (χ1) is 10.0. The fourth-order valence-electron chi connectivity index (χ4n) is 1.86. The predicted molar refractivity (Wildman–Crippen MR) is 84.5 cm³/mol. The number of halogens is 2. The normalized spacial score (nSPS) is 10.7. The lowest BCUT2D eigenvalue weighted by Gasteiger charge is -2.20. The molecule has 0 bridgehead atoms. The summed E-state index contributed by atoms with van der Waals surface area (Å²) >= 11 is 4.66. The standard InChI is InChI=1S/C14H15BrFN3OS/c1-2-19(7-9-5-10(15)3-4-11(9)16)14(20)12-8-21-13(6-17)18-12/h3-5,8H,2,6-7,17H2,1H3. The second-order valence-electron chi connectivity index (χ2n) is 4.39. The van der Waals surface area contributed by atoms with E-state index in [0.29, 0.717) is 29.4 Å². The molecule has 1 aromatic heterocycles. The summed E-state index contributed by atoms with van der Waals surface area (Å²) in [7, 11) is 0. The van der Waals surface area contributed by atoms with Crippen molar-refractivity contribution in [3.8, 4) is 0 Å². The zero-order valence-electron chi connectivity index (χ0n) is 11.5. The van der Waals surface area contributed by atoms with Crippen molar-refractivity contribution in [1.82, 2.24) is 9.88 Å². The maximum atomic E-state index is 13.8. The molecule has 2 rings (SSSR count). The molecule has 1 amide bonds. The van der Waals surface area contributed by atoms with Crippen LogP contribution in [0.5, 0.6) is 0 Å². The van der Waals surface area contributed by atoms with Crippen molar-refractivity contribution < 1.29 is 9.18 Å². The molecule has 0 unspecified atom stereocenters. The van der Waals surface area contributed by atoms with Gasteiger partial charge in [-0.25, -0.2) is 9.37 Å². The molecule has 0 saturated heterocycles. The SMILES string of the molecule is CCN(Cc1cc(Br)ccc1F)C(=O)c1csc(CN)n1. The Kier molecular flexibility index (Phi) is 5.44. The van der Waals surface area contributed by atoms with E-state index in [4.69, 9.17) is 5.73 Å². The van der Waals surface area contributed by atoms with Gasteiger partial charge in [-0.3, -0.25) is 4.79 Å². The van der Waals surface area contributed by atoms with Crippen molar-refractivity contribution in [3.05, 3.63) is 50.1 Å². The zero-order chi connectivity index (χ0) is 15.4. The minimum atomic E-state index is -0.328. The summed E-state index contributed by atoms with van der Waals surface area (Å²) in [4.78, 5) is 18.1. The Morgan fingerprint density at radius 3 is 2.90 bits per heavy atom. The lowest BCUT2D eigenvalue weighted by molar-refractivity contribution is 0.0746. The number of hydrogen-bond donors (Lipinski definition) is 1. The van der Waals surface area contributed by atoms with Crippen LogP contribution in [0.25, 0.3) is 0 Å². The summed E-state index contributed by atoms with van der Waals surface area (Å²) in [6.45, 7) is 2.84. The molecule has 0 fully saturated rings. The number of amides is 1. The van der Waals surface area contributed by atoms with Gasteiger partial charge >= 0.3 is 0 Å². The summed E-state index contributed by atoms with van der Waals surface area (Å²) in [5.41, 5.74) is 6.33. The fraction of sp³-hybridized carbons (Fsp3) is 0.286. The summed E-state index contributed by atoms with van der Waals surface area (Å²) in [5, 5.41) is 2.40. The van der Waals surface area contributed by atoms with E-state index in [-0.39, 0.29) is 18.3 Å². The average molecular weight is 372 g/mol. The van der Waals surface area contributed by atoms with Gasteiger partial charge in [0.1, 0.15) is 16.5 Å². The first-order valence-electron chi connectivity index (χ1n) is 6.42. The van der Waals surface area contributed by atoms with Crippen molar-refractivity contribution in [2.45, 2.75) is 20.0 Å². The lowest BCUT2D eigenvalue weighted by Crippen LogP contribution is -2.31. The third-order valence-corrected chi connectivity index (χ3v) is 4.35. The van der Waals surface area contributed by atoms with Gasteiger partial charge in [-0.2, -0.15) is 0 Å². The largest absolute Gasteiger partial charge is 0.333 e. The van der Waals surface area contributed by atoms with E-state index in [1.807, 2.05) is 6.92 Å². The number of rotatable bonds is 5. The van der Waals surface area contributed by atoms with Crippen LogP contribution in [-0.4, -0.2) is 22.3 Å². The molecule has 2 N–H and O–H groups in total. The highest BCUT2D eigenvalue weighted by Gasteiger charge is 2.19. The van der Waals surface area contributed by atoms with E-state index >= 15 is 0 Å². The number of carbonyl (C=O) groups is 1. The highest BCUT2D eigenvalue weighted by molar-refractivity contribution is 9.10. The molecule has 0 atom stereocenters. The van der Waals surface area contributed by atoms with Crippen molar-refractivity contribution in [3.63, 3.8) is 0 Å². The Labute approximate surface area is 134 Å². The van der Waals surface area contributed by atoms with E-state index in [0.717, 1.165) is 4.47 Å². The Bertz CT molecular complexity index is 647. The van der Waals surface area contributed by atoms with Crippen molar-refractivity contribution in [1.29, 1.82) is 0 Å². The number of benzene rings is 1. The number of nitrogens with zero attached hydrogens (tertiary/aromatic N) is 2. The molecule has 0 aliphatic heterocycles. The maximum Gasteiger partial charge on any atom is 0.273 e. The third-order valence-electron chi connectivity index (χ3n) is 2.98. The van der Waals surface area contributed by atoms with Gasteiger partial charge in [-0.05, 0) is 25.1 Å². The predicted octanol–water partition coefficient (Wildman–Crippen LogP) is 3.17. The average Bonchev–Trinajstić information content (AvgIpc) is 2.96. The molecule has 4 nitrogen and oxygen atoms in total. The van der Waals surface area contributed by atoms with Crippen LogP contribution in [0.2, 0.25) is 0 Å². The maximum absolute atomic E-state index is 13.8. The Hall–Kier alpha value is -1.31. The molecule has 1 heterocycles. The Morgan fingerprint density at radius 2 is 2.29 bits per heavy atom. The van der Waals surface area contributed by atoms with Gasteiger partial charge in [-0.1, -0.05) is 15.9 Å². The number of thiazole rings is 1. The van der Waals surface area contributed by atoms with Gasteiger partial charge in [0.15, 0.2) is 0 Å². The molecule has 112 valence electrons. The highest BCUT2D eigenvalue weighted by atomic mass is 79.9. The van der Waals surface area contributed by atoms with Crippen molar-refractivity contribution in [2.75, 3.05) is 6.54 Å². The first-order valence-corrected chi connectivity index (χ1v) is 8.10. The Balaban J connectivity index is 2.19. The van der Waals surface area contributed by atoms with Crippen LogP contribution >= 0.6 is 27.3 Å². The molecular formula is C14H15BrFN3OS. The lowest BCUT2D eigenvalue weighted by atomic mass is 10.2. The second kappa shape index (κ2) is 7.11. The number of aromatic nitrogens is 1. The fourth-order valence-corrected chi connectivity index (χ4v) is 2.92. The van der Waals surface area contributed by atoms with E-state index in [1.54, 1.807) is 22.4 Å². The van der Waals surface area contributed by atoms with Crippen molar-refractivity contribution in [2.24, 2.45) is 5.73 Å². The molecule has 2 aromatic rings. The summed E-state index contributed by atoms with van der Waals surface area (Å²) in [6, 6.07) is 4.69. The number of hydrogen-bond acceptors (Lipinski definition) is 4. The molecule has 0 aliphatic rings. The molecular weight excluding hydrogens is 357 g/mol. The third kappa shape index (κ3) is 3.87. The molecule has 7 heteroatoms. The van der Waals surface area contributed by atoms with E-state index in [1.165, 1.54) is 17.4 Å². The molecule has 1 aromatic carbocycles. The second-order valence-corrected chi connectivity index (χ2v) is 6.24. The minimum absolute atomic E-state index is 0.204. The van der Waals surface area contributed by atoms with Crippen LogP contribution in [0.1, 0.15) is 28.0 Å². The van der Waals surface area contributed by atoms with Crippen LogP contribution < -0.4 is 5.73 Å². The summed E-state index contributed by atoms with van der Waals surface area (Å²) in [6.07, 6.45) is 0. The smallest absolute Gasteiger partial charge is 0.273 e. The van der Waals surface area contributed by atoms with Crippen LogP contribution in [0.4, 0.5) is 4.39 Å². The Morgan fingerprint density at radius 1 is 1.52 bits per heavy atom. The number of nitrogens with two attached hydrogens (primary N) is 1. The van der Waals surface area contributed by atoms with Gasteiger partial charge in [0.05, 0.1) is 0 Å². The van der Waals surface area contributed by atoms with Gasteiger partial charge in [-0.15, -0.1) is 11.3 Å². The summed E-state index contributed by atoms with van der Waals surface area (Å²) < 4.78 is 14.6. The van der Waals surface area contributed by atoms with E-state index in [9.17, 15) is 9.18 Å². The molecule has 0 saturated carbocycles. The molecule has 21 heavy (non-hydrogen) atoms. The van der Waals surface area contributed by atoms with Crippen LogP contribution in [0.15, 0.2) is 28.1 Å². The first kappa shape index (κ1) is 16.1. The van der Waals surface area contributed by atoms with Crippen LogP contribution in [-0.2, 0) is 13.1 Å². The summed E-state index contributed by atoms with van der Waals surface area (Å²) in [5.74, 6) is -0.543. The number of carbonyl (C=O) groups excluding carboxylic acids is 1. The van der Waals surface area contributed by atoms with Gasteiger partial charge in [0, 0.05) is 35.1 Å². The monoisotopic (exact) mass is 371 g/mol.